The highest BCUT2D eigenvalue weighted by Crippen LogP contribution is 2.28. The van der Waals surface area contributed by atoms with E-state index in [1.165, 1.54) is 48.7 Å². The Balaban J connectivity index is 1.28. The van der Waals surface area contributed by atoms with E-state index in [4.69, 9.17) is 17.0 Å². The number of carbonyl (C=O) groups excluding carboxylic acids is 2. The fraction of sp³-hybridized carbons (Fsp3) is 0.286. The molecule has 8 nitrogen and oxygen atoms in total. The molecule has 4 rings (SSSR count). The summed E-state index contributed by atoms with van der Waals surface area (Å²) >= 11 is 5.14. The van der Waals surface area contributed by atoms with Gasteiger partial charge in [0.1, 0.15) is 17.4 Å². The third-order valence-electron chi connectivity index (χ3n) is 6.26. The Morgan fingerprint density at radius 1 is 1.03 bits per heavy atom. The summed E-state index contributed by atoms with van der Waals surface area (Å²) in [5.74, 6) is -0.624. The van der Waals surface area contributed by atoms with Crippen LogP contribution in [0.5, 0.6) is 11.5 Å². The molecule has 11 heteroatoms. The van der Waals surface area contributed by atoms with Crippen LogP contribution >= 0.6 is 12.2 Å². The molecule has 1 aliphatic heterocycles. The van der Waals surface area contributed by atoms with Crippen molar-refractivity contribution in [2.24, 2.45) is 5.92 Å². The number of nitrogens with zero attached hydrogens (tertiary/aromatic N) is 2. The number of benzene rings is 2. The molecule has 0 atom stereocenters. The van der Waals surface area contributed by atoms with Crippen LogP contribution in [0.1, 0.15) is 24.8 Å². The Bertz CT molecular complexity index is 1330. The van der Waals surface area contributed by atoms with Crippen LogP contribution < -0.4 is 20.7 Å². The molecule has 2 aromatic carbocycles. The summed E-state index contributed by atoms with van der Waals surface area (Å²) in [7, 11) is 2.08. The fourth-order valence-electron chi connectivity index (χ4n) is 4.17. The Labute approximate surface area is 230 Å². The van der Waals surface area contributed by atoms with Gasteiger partial charge < -0.3 is 25.6 Å². The average molecular weight is 554 g/mol. The standard InChI is InChI=1S/C28H29F2N5O3S/c1-35-12-9-19(10-13-35)15-26(36)33-25-17-22(8-11-31-25)38-24-7-6-21(16-23(24)30)32-28(39)34-27(37)14-18-2-4-20(29)5-3-18/h2-8,11,16-17,19H,9-10,12-15H2,1H3,(H,31,33,36)(H2,32,34,37,39). The van der Waals surface area contributed by atoms with Crippen molar-refractivity contribution in [2.75, 3.05) is 30.8 Å². The number of anilines is 2. The molecule has 2 amide bonds. The first kappa shape index (κ1) is 28.1. The highest BCUT2D eigenvalue weighted by atomic mass is 32.1. The zero-order valence-electron chi connectivity index (χ0n) is 21.4. The Morgan fingerprint density at radius 3 is 2.49 bits per heavy atom. The summed E-state index contributed by atoms with van der Waals surface area (Å²) < 4.78 is 33.4. The minimum atomic E-state index is -0.662. The molecule has 1 aromatic heterocycles. The number of carbonyl (C=O) groups is 2. The quantitative estimate of drug-likeness (QED) is 0.342. The lowest BCUT2D eigenvalue weighted by Crippen LogP contribution is -2.35. The minimum Gasteiger partial charge on any atom is -0.454 e. The van der Waals surface area contributed by atoms with Gasteiger partial charge in [0.25, 0.3) is 0 Å². The number of nitrogens with one attached hydrogen (secondary N) is 3. The van der Waals surface area contributed by atoms with E-state index in [-0.39, 0.29) is 29.0 Å². The molecule has 0 bridgehead atoms. The molecule has 39 heavy (non-hydrogen) atoms. The van der Waals surface area contributed by atoms with Crippen molar-refractivity contribution in [3.05, 3.63) is 78.0 Å². The number of amides is 2. The Kier molecular flexibility index (Phi) is 9.50. The van der Waals surface area contributed by atoms with Gasteiger partial charge in [-0.05, 0) is 87.0 Å². The highest BCUT2D eigenvalue weighted by Gasteiger charge is 2.20. The van der Waals surface area contributed by atoms with Crippen LogP contribution in [0.2, 0.25) is 0 Å². The molecule has 3 N–H and O–H groups in total. The number of ether oxygens (including phenoxy) is 1. The van der Waals surface area contributed by atoms with Gasteiger partial charge in [-0.25, -0.2) is 13.8 Å². The van der Waals surface area contributed by atoms with Crippen molar-refractivity contribution in [3.8, 4) is 11.5 Å². The molecule has 1 aliphatic rings. The molecule has 0 spiro atoms. The second-order valence-corrected chi connectivity index (χ2v) is 9.84. The number of thiocarbonyl (C=S) groups is 1. The van der Waals surface area contributed by atoms with Crippen molar-refractivity contribution in [3.63, 3.8) is 0 Å². The van der Waals surface area contributed by atoms with Gasteiger partial charge in [-0.15, -0.1) is 0 Å². The summed E-state index contributed by atoms with van der Waals surface area (Å²) in [5.41, 5.74) is 0.934. The van der Waals surface area contributed by atoms with E-state index < -0.39 is 11.7 Å². The van der Waals surface area contributed by atoms with Crippen molar-refractivity contribution < 1.29 is 23.1 Å². The van der Waals surface area contributed by atoms with Crippen molar-refractivity contribution in [2.45, 2.75) is 25.7 Å². The molecule has 0 aliphatic carbocycles. The first-order chi connectivity index (χ1) is 18.7. The number of hydrogen-bond acceptors (Lipinski definition) is 6. The lowest BCUT2D eigenvalue weighted by atomic mass is 9.93. The topological polar surface area (TPSA) is 95.6 Å². The average Bonchev–Trinajstić information content (AvgIpc) is 2.88. The summed E-state index contributed by atoms with van der Waals surface area (Å²) in [4.78, 5) is 31.0. The highest BCUT2D eigenvalue weighted by molar-refractivity contribution is 7.80. The summed E-state index contributed by atoms with van der Waals surface area (Å²) in [6.07, 6.45) is 3.88. The van der Waals surface area contributed by atoms with Crippen LogP contribution in [0.15, 0.2) is 60.8 Å². The number of pyridine rings is 1. The molecule has 204 valence electrons. The zero-order valence-corrected chi connectivity index (χ0v) is 22.2. The first-order valence-electron chi connectivity index (χ1n) is 12.5. The number of likely N-dealkylation sites (tertiary alicyclic amines) is 1. The molecule has 0 saturated carbocycles. The van der Waals surface area contributed by atoms with Crippen LogP contribution in [0.4, 0.5) is 20.3 Å². The van der Waals surface area contributed by atoms with Crippen LogP contribution in [0, 0.1) is 17.6 Å². The molecule has 2 heterocycles. The molecule has 1 saturated heterocycles. The molecule has 0 radical (unpaired) electrons. The van der Waals surface area contributed by atoms with Crippen LogP contribution in [-0.4, -0.2) is 46.9 Å². The smallest absolute Gasteiger partial charge is 0.230 e. The first-order valence-corrected chi connectivity index (χ1v) is 12.9. The molecule has 0 unspecified atom stereocenters. The maximum Gasteiger partial charge on any atom is 0.230 e. The van der Waals surface area contributed by atoms with E-state index in [0.29, 0.717) is 35.2 Å². The van der Waals surface area contributed by atoms with E-state index in [2.05, 4.69) is 32.9 Å². The predicted octanol–water partition coefficient (Wildman–Crippen LogP) is 4.88. The third-order valence-corrected chi connectivity index (χ3v) is 6.46. The second kappa shape index (κ2) is 13.2. The van der Waals surface area contributed by atoms with Gasteiger partial charge in [-0.3, -0.25) is 9.59 Å². The number of piperidine rings is 1. The van der Waals surface area contributed by atoms with E-state index in [1.54, 1.807) is 12.1 Å². The number of hydrogen-bond donors (Lipinski definition) is 3. The van der Waals surface area contributed by atoms with Crippen molar-refractivity contribution in [1.29, 1.82) is 0 Å². The maximum absolute atomic E-state index is 14.8. The molecular weight excluding hydrogens is 524 g/mol. The molecule has 3 aromatic rings. The van der Waals surface area contributed by atoms with Gasteiger partial charge in [0.15, 0.2) is 16.7 Å². The van der Waals surface area contributed by atoms with E-state index in [1.807, 2.05) is 0 Å². The SMILES string of the molecule is CN1CCC(CC(=O)Nc2cc(Oc3ccc(NC(=S)NC(=O)Cc4ccc(F)cc4)cc3F)ccn2)CC1. The fourth-order valence-corrected chi connectivity index (χ4v) is 4.41. The molecule has 1 fully saturated rings. The predicted molar refractivity (Wildman–Crippen MR) is 149 cm³/mol. The third kappa shape index (κ3) is 8.79. The van der Waals surface area contributed by atoms with E-state index in [9.17, 15) is 18.4 Å². The minimum absolute atomic E-state index is 0.00931. The van der Waals surface area contributed by atoms with Crippen LogP contribution in [0.25, 0.3) is 0 Å². The van der Waals surface area contributed by atoms with Crippen LogP contribution in [0.3, 0.4) is 0 Å². The summed E-state index contributed by atoms with van der Waals surface area (Å²) in [5, 5.41) is 8.04. The number of halogens is 2. The second-order valence-electron chi connectivity index (χ2n) is 9.43. The lowest BCUT2D eigenvalue weighted by Gasteiger charge is -2.28. The summed E-state index contributed by atoms with van der Waals surface area (Å²) in [6.45, 7) is 1.97. The van der Waals surface area contributed by atoms with Gasteiger partial charge in [0, 0.05) is 30.4 Å². The van der Waals surface area contributed by atoms with Gasteiger partial charge in [-0.1, -0.05) is 12.1 Å². The van der Waals surface area contributed by atoms with Gasteiger partial charge in [-0.2, -0.15) is 0 Å². The molecular formula is C28H29F2N5O3S. The van der Waals surface area contributed by atoms with E-state index >= 15 is 0 Å². The van der Waals surface area contributed by atoms with Gasteiger partial charge >= 0.3 is 0 Å². The monoisotopic (exact) mass is 553 g/mol. The van der Waals surface area contributed by atoms with Crippen LogP contribution in [-0.2, 0) is 16.0 Å². The number of rotatable bonds is 8. The van der Waals surface area contributed by atoms with E-state index in [0.717, 1.165) is 25.9 Å². The Hall–Kier alpha value is -3.96. The summed E-state index contributed by atoms with van der Waals surface area (Å²) in [6, 6.07) is 12.8. The Morgan fingerprint density at radius 2 is 1.77 bits per heavy atom. The number of aromatic nitrogens is 1. The van der Waals surface area contributed by atoms with Crippen molar-refractivity contribution in [1.82, 2.24) is 15.2 Å². The normalized spacial score (nSPS) is 13.9. The van der Waals surface area contributed by atoms with Gasteiger partial charge in [0.05, 0.1) is 6.42 Å². The zero-order chi connectivity index (χ0) is 27.8. The largest absolute Gasteiger partial charge is 0.454 e. The lowest BCUT2D eigenvalue weighted by molar-refractivity contribution is -0.119. The maximum atomic E-state index is 14.8. The van der Waals surface area contributed by atoms with Gasteiger partial charge in [0.2, 0.25) is 11.8 Å². The van der Waals surface area contributed by atoms with Crippen molar-refractivity contribution >= 4 is 40.6 Å².